The fourth-order valence-corrected chi connectivity index (χ4v) is 6.80. The van der Waals surface area contributed by atoms with Crippen LogP contribution in [0, 0.1) is 6.92 Å². The molecule has 1 aliphatic carbocycles. The molecule has 1 aliphatic rings. The van der Waals surface area contributed by atoms with Crippen LogP contribution in [-0.4, -0.2) is 13.1 Å². The number of hydrogen-bond acceptors (Lipinski definition) is 2. The van der Waals surface area contributed by atoms with Crippen LogP contribution < -0.4 is 5.19 Å². The van der Waals surface area contributed by atoms with E-state index in [0.717, 1.165) is 22.4 Å². The van der Waals surface area contributed by atoms with Crippen molar-refractivity contribution in [3.05, 3.63) is 71.3 Å². The van der Waals surface area contributed by atoms with Crippen LogP contribution in [-0.2, 0) is 5.41 Å². The maximum absolute atomic E-state index is 6.70. The van der Waals surface area contributed by atoms with E-state index in [1.165, 1.54) is 43.6 Å². The van der Waals surface area contributed by atoms with Crippen molar-refractivity contribution in [1.29, 1.82) is 0 Å². The van der Waals surface area contributed by atoms with E-state index in [1.807, 2.05) is 0 Å². The first-order chi connectivity index (χ1) is 14.7. The molecule has 3 aromatic carbocycles. The molecule has 5 aromatic rings. The van der Waals surface area contributed by atoms with E-state index in [1.54, 1.807) is 0 Å². The number of aryl methyl sites for hydroxylation is 1. The normalized spacial score (nSPS) is 15.0. The van der Waals surface area contributed by atoms with Crippen molar-refractivity contribution >= 4 is 46.1 Å². The Morgan fingerprint density at radius 3 is 2.39 bits per heavy atom. The standard InChI is InChI=1S/C28H27NOSi/c1-16-11-12-18-23-24-19(13-14-22(31(4,5)6)27(24)30-26(16)23)28(2,3)20-15-17-9-7-8-10-21(17)29-25(18)20/h7-15H,1-6H3. The number of aromatic nitrogens is 1. The maximum Gasteiger partial charge on any atom is 0.139 e. The lowest BCUT2D eigenvalue weighted by molar-refractivity contribution is 0.642. The third-order valence-corrected chi connectivity index (χ3v) is 9.11. The first-order valence-electron chi connectivity index (χ1n) is 11.1. The zero-order chi connectivity index (χ0) is 21.7. The zero-order valence-electron chi connectivity index (χ0n) is 19.1. The van der Waals surface area contributed by atoms with Gasteiger partial charge in [0.2, 0.25) is 0 Å². The van der Waals surface area contributed by atoms with Crippen molar-refractivity contribution < 1.29 is 4.42 Å². The lowest BCUT2D eigenvalue weighted by atomic mass is 9.76. The Morgan fingerprint density at radius 2 is 1.61 bits per heavy atom. The highest BCUT2D eigenvalue weighted by molar-refractivity contribution is 6.90. The number of rotatable bonds is 1. The van der Waals surface area contributed by atoms with Crippen molar-refractivity contribution in [1.82, 2.24) is 4.98 Å². The van der Waals surface area contributed by atoms with Crippen molar-refractivity contribution in [2.24, 2.45) is 0 Å². The van der Waals surface area contributed by atoms with Gasteiger partial charge in [0.25, 0.3) is 0 Å². The minimum absolute atomic E-state index is 0.188. The molecule has 0 radical (unpaired) electrons. The topological polar surface area (TPSA) is 26.0 Å². The Hall–Kier alpha value is -2.91. The van der Waals surface area contributed by atoms with Crippen molar-refractivity contribution in [2.75, 3.05) is 0 Å². The summed E-state index contributed by atoms with van der Waals surface area (Å²) in [6.45, 7) is 14.0. The summed E-state index contributed by atoms with van der Waals surface area (Å²) in [5.41, 5.74) is 9.04. The van der Waals surface area contributed by atoms with E-state index in [2.05, 4.69) is 95.0 Å². The fourth-order valence-electron chi connectivity index (χ4n) is 5.36. The molecule has 0 unspecified atom stereocenters. The first-order valence-corrected chi connectivity index (χ1v) is 14.6. The number of pyridine rings is 1. The summed E-state index contributed by atoms with van der Waals surface area (Å²) in [5.74, 6) is 0. The Morgan fingerprint density at radius 1 is 0.839 bits per heavy atom. The van der Waals surface area contributed by atoms with Gasteiger partial charge >= 0.3 is 0 Å². The highest BCUT2D eigenvalue weighted by atomic mass is 28.3. The summed E-state index contributed by atoms with van der Waals surface area (Å²) in [6.07, 6.45) is 0. The smallest absolute Gasteiger partial charge is 0.139 e. The van der Waals surface area contributed by atoms with Crippen LogP contribution in [0.4, 0.5) is 0 Å². The van der Waals surface area contributed by atoms with Crippen molar-refractivity contribution in [3.63, 3.8) is 0 Å². The summed E-state index contributed by atoms with van der Waals surface area (Å²) in [4.78, 5) is 5.21. The lowest BCUT2D eigenvalue weighted by Crippen LogP contribution is -2.38. The van der Waals surface area contributed by atoms with Crippen LogP contribution in [0.15, 0.2) is 59.0 Å². The predicted molar refractivity (Wildman–Crippen MR) is 134 cm³/mol. The van der Waals surface area contributed by atoms with Gasteiger partial charge in [0.1, 0.15) is 11.2 Å². The Labute approximate surface area is 183 Å². The van der Waals surface area contributed by atoms with Crippen LogP contribution in [0.3, 0.4) is 0 Å². The van der Waals surface area contributed by atoms with E-state index in [9.17, 15) is 0 Å². The SMILES string of the molecule is Cc1ccc2c3c1oc1c([Si](C)(C)C)ccc(c13)C(C)(C)c1cc3ccccc3nc1-2. The second-order valence-electron chi connectivity index (χ2n) is 10.6. The van der Waals surface area contributed by atoms with E-state index in [4.69, 9.17) is 9.40 Å². The van der Waals surface area contributed by atoms with Crippen molar-refractivity contribution in [3.8, 4) is 11.3 Å². The van der Waals surface area contributed by atoms with Crippen LogP contribution in [0.2, 0.25) is 19.6 Å². The summed E-state index contributed by atoms with van der Waals surface area (Å²) >= 11 is 0. The summed E-state index contributed by atoms with van der Waals surface area (Å²) in [5, 5.41) is 5.12. The van der Waals surface area contributed by atoms with Gasteiger partial charge in [0.05, 0.1) is 19.3 Å². The van der Waals surface area contributed by atoms with Gasteiger partial charge in [0, 0.05) is 27.1 Å². The second kappa shape index (κ2) is 5.86. The van der Waals surface area contributed by atoms with Gasteiger partial charge in [-0.25, -0.2) is 4.98 Å². The minimum Gasteiger partial charge on any atom is -0.456 e. The Balaban J connectivity index is 1.89. The second-order valence-corrected chi connectivity index (χ2v) is 15.6. The quantitative estimate of drug-likeness (QED) is 0.266. The van der Waals surface area contributed by atoms with Gasteiger partial charge in [-0.1, -0.05) is 76.0 Å². The molecule has 6 rings (SSSR count). The molecule has 0 N–H and O–H groups in total. The molecule has 2 aromatic heterocycles. The van der Waals surface area contributed by atoms with Crippen LogP contribution >= 0.6 is 0 Å². The van der Waals surface area contributed by atoms with Crippen LogP contribution in [0.5, 0.6) is 0 Å². The van der Waals surface area contributed by atoms with Gasteiger partial charge in [-0.15, -0.1) is 0 Å². The van der Waals surface area contributed by atoms with Gasteiger partial charge in [-0.05, 0) is 40.9 Å². The molecule has 2 heterocycles. The van der Waals surface area contributed by atoms with E-state index >= 15 is 0 Å². The summed E-state index contributed by atoms with van der Waals surface area (Å²) in [6, 6.07) is 19.9. The number of para-hydroxylation sites is 1. The van der Waals surface area contributed by atoms with E-state index < -0.39 is 8.07 Å². The molecule has 31 heavy (non-hydrogen) atoms. The monoisotopic (exact) mass is 421 g/mol. The average molecular weight is 422 g/mol. The largest absolute Gasteiger partial charge is 0.456 e. The number of fused-ring (bicyclic) bond motifs is 3. The molecular weight excluding hydrogens is 394 g/mol. The van der Waals surface area contributed by atoms with Gasteiger partial charge in [0.15, 0.2) is 0 Å². The molecule has 0 fully saturated rings. The third-order valence-electron chi connectivity index (χ3n) is 7.10. The predicted octanol–water partition coefficient (Wildman–Crippen LogP) is 7.29. The summed E-state index contributed by atoms with van der Waals surface area (Å²) < 4.78 is 6.70. The highest BCUT2D eigenvalue weighted by Crippen LogP contribution is 2.50. The van der Waals surface area contributed by atoms with Crippen LogP contribution in [0.25, 0.3) is 44.1 Å². The Bertz CT molecular complexity index is 1550. The number of hydrogen-bond donors (Lipinski definition) is 0. The van der Waals surface area contributed by atoms with Crippen molar-refractivity contribution in [2.45, 2.75) is 45.8 Å². The average Bonchev–Trinajstić information content (AvgIpc) is 3.09. The maximum atomic E-state index is 6.70. The molecule has 0 spiro atoms. The Kier molecular flexibility index (Phi) is 3.56. The molecule has 0 saturated carbocycles. The molecule has 0 bridgehead atoms. The van der Waals surface area contributed by atoms with Gasteiger partial charge < -0.3 is 4.42 Å². The molecule has 0 saturated heterocycles. The minimum atomic E-state index is -1.59. The lowest BCUT2D eigenvalue weighted by Gasteiger charge is -2.29. The highest BCUT2D eigenvalue weighted by Gasteiger charge is 2.37. The molecule has 3 heteroatoms. The first kappa shape index (κ1) is 18.8. The third kappa shape index (κ3) is 2.41. The van der Waals surface area contributed by atoms with E-state index in [-0.39, 0.29) is 5.41 Å². The molecule has 0 amide bonds. The number of benzene rings is 3. The van der Waals surface area contributed by atoms with Crippen LogP contribution in [0.1, 0.15) is 30.5 Å². The number of furan rings is 1. The molecule has 0 atom stereocenters. The summed E-state index contributed by atoms with van der Waals surface area (Å²) in [7, 11) is -1.59. The fraction of sp³-hybridized carbons (Fsp3) is 0.250. The molecular formula is C28H27NOSi. The molecule has 154 valence electrons. The van der Waals surface area contributed by atoms with Gasteiger partial charge in [-0.3, -0.25) is 0 Å². The molecule has 2 nitrogen and oxygen atoms in total. The zero-order valence-corrected chi connectivity index (χ0v) is 20.1. The van der Waals surface area contributed by atoms with Gasteiger partial charge in [-0.2, -0.15) is 0 Å². The molecule has 0 aliphatic heterocycles. The van der Waals surface area contributed by atoms with E-state index in [0.29, 0.717) is 0 Å². The number of nitrogens with zero attached hydrogens (tertiary/aromatic N) is 1.